The highest BCUT2D eigenvalue weighted by Gasteiger charge is 2.13. The van der Waals surface area contributed by atoms with Gasteiger partial charge in [0.05, 0.1) is 17.9 Å². The average molecular weight is 283 g/mol. The molecule has 1 aromatic rings. The van der Waals surface area contributed by atoms with E-state index in [0.717, 1.165) is 5.56 Å². The second-order valence-corrected chi connectivity index (χ2v) is 6.48. The lowest BCUT2D eigenvalue weighted by atomic mass is 10.1. The van der Waals surface area contributed by atoms with Crippen LogP contribution in [0.2, 0.25) is 5.02 Å². The van der Waals surface area contributed by atoms with Crippen LogP contribution < -0.4 is 4.74 Å². The van der Waals surface area contributed by atoms with Crippen LogP contribution in [0.25, 0.3) is 0 Å². The summed E-state index contributed by atoms with van der Waals surface area (Å²) in [4.78, 5) is 0. The third-order valence-corrected chi connectivity index (χ3v) is 3.46. The van der Waals surface area contributed by atoms with Crippen LogP contribution in [0.15, 0.2) is 12.1 Å². The fraction of sp³-hybridized carbons (Fsp3) is 0.400. The maximum absolute atomic E-state index is 11.0. The Morgan fingerprint density at radius 1 is 1.31 bits per heavy atom. The molecule has 0 saturated carbocycles. The van der Waals surface area contributed by atoms with Crippen molar-refractivity contribution in [2.24, 2.45) is 0 Å². The van der Waals surface area contributed by atoms with E-state index >= 15 is 0 Å². The molecule has 0 aliphatic heterocycles. The molecule has 90 valence electrons. The first-order valence-corrected chi connectivity index (χ1v) is 7.50. The molecule has 0 aliphatic rings. The van der Waals surface area contributed by atoms with Crippen molar-refractivity contribution >= 4 is 31.3 Å². The Morgan fingerprint density at radius 3 is 2.38 bits per heavy atom. The third kappa shape index (κ3) is 3.54. The minimum atomic E-state index is -3.57. The Labute approximate surface area is 105 Å². The molecule has 0 amide bonds. The zero-order valence-electron chi connectivity index (χ0n) is 8.96. The Hall–Kier alpha value is -0.450. The van der Waals surface area contributed by atoms with Crippen molar-refractivity contribution in [2.45, 2.75) is 19.1 Å². The zero-order chi connectivity index (χ0) is 12.3. The summed E-state index contributed by atoms with van der Waals surface area (Å²) in [5, 5.41) is 0.384. The number of ether oxygens (including phenoxy) is 1. The predicted molar refractivity (Wildman–Crippen MR) is 65.9 cm³/mol. The van der Waals surface area contributed by atoms with Gasteiger partial charge in [0.2, 0.25) is 9.05 Å². The molecule has 16 heavy (non-hydrogen) atoms. The smallest absolute Gasteiger partial charge is 0.236 e. The molecule has 0 spiro atoms. The molecule has 0 bridgehead atoms. The summed E-state index contributed by atoms with van der Waals surface area (Å²) in [6.45, 7) is 1.92. The van der Waals surface area contributed by atoms with Crippen LogP contribution in [0.3, 0.4) is 0 Å². The summed E-state index contributed by atoms with van der Waals surface area (Å²) in [7, 11) is 3.16. The summed E-state index contributed by atoms with van der Waals surface area (Å²) >= 11 is 5.92. The van der Waals surface area contributed by atoms with Gasteiger partial charge in [0.15, 0.2) is 0 Å². The molecule has 0 heterocycles. The van der Waals surface area contributed by atoms with Gasteiger partial charge in [0, 0.05) is 10.7 Å². The molecule has 0 fully saturated rings. The molecule has 0 radical (unpaired) electrons. The summed E-state index contributed by atoms with van der Waals surface area (Å²) in [5.41, 5.74) is 1.48. The zero-order valence-corrected chi connectivity index (χ0v) is 11.3. The van der Waals surface area contributed by atoms with Crippen LogP contribution in [-0.4, -0.2) is 15.5 Å². The minimum Gasteiger partial charge on any atom is -0.495 e. The highest BCUT2D eigenvalue weighted by Crippen LogP contribution is 2.29. The van der Waals surface area contributed by atoms with E-state index < -0.39 is 9.05 Å². The molecular formula is C10H12Cl2O3S. The van der Waals surface area contributed by atoms with Crippen LogP contribution in [0.4, 0.5) is 0 Å². The molecule has 3 nitrogen and oxygen atoms in total. The summed E-state index contributed by atoms with van der Waals surface area (Å²) < 4.78 is 27.1. The molecule has 0 N–H and O–H groups in total. The van der Waals surface area contributed by atoms with E-state index in [2.05, 4.69) is 0 Å². The topological polar surface area (TPSA) is 43.4 Å². The average Bonchev–Trinajstić information content (AvgIpc) is 2.16. The van der Waals surface area contributed by atoms with Crippen molar-refractivity contribution in [1.82, 2.24) is 0 Å². The normalized spacial score (nSPS) is 11.5. The molecule has 1 rings (SSSR count). The summed E-state index contributed by atoms with van der Waals surface area (Å²) in [6.07, 6.45) is 0.690. The lowest BCUT2D eigenvalue weighted by molar-refractivity contribution is 0.414. The van der Waals surface area contributed by atoms with Gasteiger partial charge in [-0.2, -0.15) is 0 Å². The van der Waals surface area contributed by atoms with Gasteiger partial charge in [-0.15, -0.1) is 0 Å². The third-order valence-electron chi connectivity index (χ3n) is 2.18. The molecule has 0 aromatic heterocycles. The molecule has 0 saturated heterocycles. The van der Waals surface area contributed by atoms with Crippen molar-refractivity contribution in [3.05, 3.63) is 28.3 Å². The van der Waals surface area contributed by atoms with Crippen molar-refractivity contribution in [2.75, 3.05) is 7.11 Å². The largest absolute Gasteiger partial charge is 0.495 e. The van der Waals surface area contributed by atoms with E-state index in [1.54, 1.807) is 12.1 Å². The molecular weight excluding hydrogens is 271 g/mol. The van der Waals surface area contributed by atoms with Gasteiger partial charge in [-0.25, -0.2) is 8.42 Å². The second kappa shape index (κ2) is 5.25. The number of aryl methyl sites for hydroxylation is 1. The number of rotatable bonds is 4. The van der Waals surface area contributed by atoms with Crippen LogP contribution in [-0.2, 0) is 21.2 Å². The van der Waals surface area contributed by atoms with Crippen molar-refractivity contribution in [3.8, 4) is 5.75 Å². The number of hydrogen-bond acceptors (Lipinski definition) is 3. The second-order valence-electron chi connectivity index (χ2n) is 3.29. The first-order valence-electron chi connectivity index (χ1n) is 4.65. The molecule has 6 heteroatoms. The van der Waals surface area contributed by atoms with E-state index in [4.69, 9.17) is 27.0 Å². The van der Waals surface area contributed by atoms with Crippen LogP contribution in [0.1, 0.15) is 18.1 Å². The number of hydrogen-bond donors (Lipinski definition) is 0. The van der Waals surface area contributed by atoms with Gasteiger partial charge in [-0.1, -0.05) is 18.5 Å². The summed E-state index contributed by atoms with van der Waals surface area (Å²) in [5.74, 6) is 0.316. The Morgan fingerprint density at radius 2 is 1.94 bits per heavy atom. The van der Waals surface area contributed by atoms with E-state index in [1.807, 2.05) is 6.92 Å². The first-order chi connectivity index (χ1) is 7.37. The summed E-state index contributed by atoms with van der Waals surface area (Å²) in [6, 6.07) is 3.32. The fourth-order valence-electron chi connectivity index (χ4n) is 1.44. The van der Waals surface area contributed by atoms with E-state index in [1.165, 1.54) is 7.11 Å². The first kappa shape index (κ1) is 13.6. The maximum atomic E-state index is 11.0. The fourth-order valence-corrected chi connectivity index (χ4v) is 2.70. The Kier molecular flexibility index (Phi) is 4.47. The lowest BCUT2D eigenvalue weighted by Gasteiger charge is -2.10. The van der Waals surface area contributed by atoms with Gasteiger partial charge in [-0.3, -0.25) is 0 Å². The highest BCUT2D eigenvalue weighted by atomic mass is 35.7. The Balaban J connectivity index is 3.23. The van der Waals surface area contributed by atoms with Gasteiger partial charge in [0.1, 0.15) is 5.75 Å². The molecule has 1 aromatic carbocycles. The van der Waals surface area contributed by atoms with Crippen molar-refractivity contribution < 1.29 is 13.2 Å². The van der Waals surface area contributed by atoms with Crippen molar-refractivity contribution in [1.29, 1.82) is 0 Å². The van der Waals surface area contributed by atoms with Gasteiger partial charge >= 0.3 is 0 Å². The van der Waals surface area contributed by atoms with E-state index in [-0.39, 0.29) is 5.75 Å². The SMILES string of the molecule is CCc1cc(OC)c(Cl)cc1CS(=O)(=O)Cl. The van der Waals surface area contributed by atoms with Crippen LogP contribution in [0, 0.1) is 0 Å². The number of halogens is 2. The quantitative estimate of drug-likeness (QED) is 0.798. The van der Waals surface area contributed by atoms with E-state index in [0.29, 0.717) is 22.8 Å². The highest BCUT2D eigenvalue weighted by molar-refractivity contribution is 8.13. The molecule has 0 unspecified atom stereocenters. The van der Waals surface area contributed by atoms with Crippen LogP contribution >= 0.6 is 22.3 Å². The van der Waals surface area contributed by atoms with Crippen molar-refractivity contribution in [3.63, 3.8) is 0 Å². The van der Waals surface area contributed by atoms with Gasteiger partial charge < -0.3 is 4.74 Å². The monoisotopic (exact) mass is 282 g/mol. The number of methoxy groups -OCH3 is 1. The number of benzene rings is 1. The Bertz CT molecular complexity index is 483. The van der Waals surface area contributed by atoms with Gasteiger partial charge in [0.25, 0.3) is 0 Å². The maximum Gasteiger partial charge on any atom is 0.236 e. The lowest BCUT2D eigenvalue weighted by Crippen LogP contribution is -2.00. The van der Waals surface area contributed by atoms with Crippen LogP contribution in [0.5, 0.6) is 5.75 Å². The van der Waals surface area contributed by atoms with E-state index in [9.17, 15) is 8.42 Å². The predicted octanol–water partition coefficient (Wildman–Crippen LogP) is 2.98. The standard InChI is InChI=1S/C10H12Cl2O3S/c1-3-7-5-10(15-2)9(11)4-8(7)6-16(12,13)14/h4-5H,3,6H2,1-2H3. The van der Waals surface area contributed by atoms with Gasteiger partial charge in [-0.05, 0) is 29.7 Å². The molecule has 0 atom stereocenters. The molecule has 0 aliphatic carbocycles. The minimum absolute atomic E-state index is 0.221.